The largest absolute Gasteiger partial charge is 0.313 e. The van der Waals surface area contributed by atoms with Gasteiger partial charge in [-0.25, -0.2) is 8.42 Å². The van der Waals surface area contributed by atoms with Gasteiger partial charge in [0.2, 0.25) is 0 Å². The standard InChI is InChI=1S/C17H29NO2S/c1-5-7-9-14(6-2)12-17(18-3)15-10-8-11-16(13-15)21(4,19)20/h8,10-11,13-14,17-18H,5-7,9,12H2,1-4H3. The fourth-order valence-electron chi connectivity index (χ4n) is 2.70. The zero-order valence-corrected chi connectivity index (χ0v) is 14.5. The van der Waals surface area contributed by atoms with Crippen LogP contribution in [0.4, 0.5) is 0 Å². The smallest absolute Gasteiger partial charge is 0.175 e. The van der Waals surface area contributed by atoms with Crippen LogP contribution >= 0.6 is 0 Å². The molecule has 0 amide bonds. The zero-order valence-electron chi connectivity index (χ0n) is 13.7. The molecule has 0 aromatic heterocycles. The monoisotopic (exact) mass is 311 g/mol. The van der Waals surface area contributed by atoms with Gasteiger partial charge in [0.1, 0.15) is 0 Å². The molecule has 3 nitrogen and oxygen atoms in total. The van der Waals surface area contributed by atoms with Crippen LogP contribution in [0.2, 0.25) is 0 Å². The third-order valence-corrected chi connectivity index (χ3v) is 5.26. The summed E-state index contributed by atoms with van der Waals surface area (Å²) in [6, 6.07) is 7.54. The maximum Gasteiger partial charge on any atom is 0.175 e. The normalized spacial score (nSPS) is 14.9. The number of benzene rings is 1. The fraction of sp³-hybridized carbons (Fsp3) is 0.647. The lowest BCUT2D eigenvalue weighted by atomic mass is 9.89. The summed E-state index contributed by atoms with van der Waals surface area (Å²) in [4.78, 5) is 0.404. The van der Waals surface area contributed by atoms with Crippen LogP contribution < -0.4 is 5.32 Å². The average Bonchev–Trinajstić information content (AvgIpc) is 2.47. The molecule has 0 radical (unpaired) electrons. The third-order valence-electron chi connectivity index (χ3n) is 4.15. The van der Waals surface area contributed by atoms with Crippen molar-refractivity contribution in [1.29, 1.82) is 0 Å². The highest BCUT2D eigenvalue weighted by atomic mass is 32.2. The second-order valence-electron chi connectivity index (χ2n) is 5.84. The van der Waals surface area contributed by atoms with Crippen LogP contribution in [0.15, 0.2) is 29.2 Å². The minimum absolute atomic E-state index is 0.216. The van der Waals surface area contributed by atoms with E-state index in [1.807, 2.05) is 25.2 Å². The van der Waals surface area contributed by atoms with E-state index in [1.165, 1.54) is 31.9 Å². The molecule has 21 heavy (non-hydrogen) atoms. The Hall–Kier alpha value is -0.870. The van der Waals surface area contributed by atoms with Gasteiger partial charge in [-0.2, -0.15) is 0 Å². The zero-order chi connectivity index (χ0) is 15.9. The molecular weight excluding hydrogens is 282 g/mol. The van der Waals surface area contributed by atoms with Gasteiger partial charge in [0.05, 0.1) is 4.90 Å². The van der Waals surface area contributed by atoms with Gasteiger partial charge in [0, 0.05) is 12.3 Å². The Morgan fingerprint density at radius 3 is 2.48 bits per heavy atom. The molecule has 1 rings (SSSR count). The van der Waals surface area contributed by atoms with E-state index in [4.69, 9.17) is 0 Å². The molecule has 0 saturated heterocycles. The quantitative estimate of drug-likeness (QED) is 0.751. The van der Waals surface area contributed by atoms with E-state index in [2.05, 4.69) is 19.2 Å². The fourth-order valence-corrected chi connectivity index (χ4v) is 3.37. The van der Waals surface area contributed by atoms with Crippen LogP contribution in [0, 0.1) is 5.92 Å². The van der Waals surface area contributed by atoms with Crippen molar-refractivity contribution >= 4 is 9.84 Å². The minimum atomic E-state index is -3.14. The van der Waals surface area contributed by atoms with Gasteiger partial charge in [-0.05, 0) is 37.1 Å². The maximum absolute atomic E-state index is 11.7. The van der Waals surface area contributed by atoms with Crippen molar-refractivity contribution in [2.75, 3.05) is 13.3 Å². The molecule has 0 fully saturated rings. The van der Waals surface area contributed by atoms with Gasteiger partial charge < -0.3 is 5.32 Å². The summed E-state index contributed by atoms with van der Waals surface area (Å²) in [6.45, 7) is 4.46. The Morgan fingerprint density at radius 1 is 1.24 bits per heavy atom. The lowest BCUT2D eigenvalue weighted by molar-refractivity contribution is 0.364. The second kappa shape index (κ2) is 8.54. The van der Waals surface area contributed by atoms with E-state index in [9.17, 15) is 8.42 Å². The van der Waals surface area contributed by atoms with Crippen molar-refractivity contribution in [2.24, 2.45) is 5.92 Å². The summed E-state index contributed by atoms with van der Waals surface area (Å²) < 4.78 is 23.4. The molecule has 1 aromatic carbocycles. The summed E-state index contributed by atoms with van der Waals surface area (Å²) in [7, 11) is -1.19. The summed E-state index contributed by atoms with van der Waals surface area (Å²) in [5.74, 6) is 0.685. The molecule has 2 atom stereocenters. The molecule has 0 heterocycles. The van der Waals surface area contributed by atoms with Crippen LogP contribution in [0.3, 0.4) is 0 Å². The first-order chi connectivity index (χ1) is 9.92. The number of nitrogens with one attached hydrogen (secondary N) is 1. The lowest BCUT2D eigenvalue weighted by Gasteiger charge is -2.23. The van der Waals surface area contributed by atoms with Crippen molar-refractivity contribution in [3.05, 3.63) is 29.8 Å². The molecule has 120 valence electrons. The molecule has 4 heteroatoms. The molecule has 0 aliphatic heterocycles. The molecule has 0 aliphatic rings. The van der Waals surface area contributed by atoms with Crippen molar-refractivity contribution in [2.45, 2.75) is 56.9 Å². The number of rotatable bonds is 9. The Balaban J connectivity index is 2.89. The Labute approximate surface area is 130 Å². The molecule has 0 aliphatic carbocycles. The second-order valence-corrected chi connectivity index (χ2v) is 7.85. The lowest BCUT2D eigenvalue weighted by Crippen LogP contribution is -2.20. The van der Waals surface area contributed by atoms with Crippen LogP contribution in [0.5, 0.6) is 0 Å². The first-order valence-corrected chi connectivity index (χ1v) is 9.78. The maximum atomic E-state index is 11.7. The van der Waals surface area contributed by atoms with Gasteiger partial charge in [-0.3, -0.25) is 0 Å². The summed E-state index contributed by atoms with van der Waals surface area (Å²) in [6.07, 6.45) is 7.22. The van der Waals surface area contributed by atoms with Crippen LogP contribution in [-0.4, -0.2) is 21.7 Å². The highest BCUT2D eigenvalue weighted by molar-refractivity contribution is 7.90. The first-order valence-electron chi connectivity index (χ1n) is 7.89. The van der Waals surface area contributed by atoms with Gasteiger partial charge in [0.15, 0.2) is 9.84 Å². The van der Waals surface area contributed by atoms with E-state index >= 15 is 0 Å². The predicted molar refractivity (Wildman–Crippen MR) is 89.3 cm³/mol. The highest BCUT2D eigenvalue weighted by Crippen LogP contribution is 2.27. The number of hydrogen-bond donors (Lipinski definition) is 1. The Kier molecular flexibility index (Phi) is 7.40. The van der Waals surface area contributed by atoms with Crippen molar-refractivity contribution < 1.29 is 8.42 Å². The van der Waals surface area contributed by atoms with Gasteiger partial charge in [-0.15, -0.1) is 0 Å². The first kappa shape index (κ1) is 18.2. The molecule has 1 aromatic rings. The topological polar surface area (TPSA) is 46.2 Å². The van der Waals surface area contributed by atoms with Gasteiger partial charge in [-0.1, -0.05) is 51.7 Å². The van der Waals surface area contributed by atoms with Crippen molar-refractivity contribution in [1.82, 2.24) is 5.32 Å². The summed E-state index contributed by atoms with van der Waals surface area (Å²) in [5, 5.41) is 3.34. The Morgan fingerprint density at radius 2 is 1.95 bits per heavy atom. The highest BCUT2D eigenvalue weighted by Gasteiger charge is 2.17. The van der Waals surface area contributed by atoms with E-state index in [0.717, 1.165) is 12.0 Å². The number of hydrogen-bond acceptors (Lipinski definition) is 3. The molecule has 2 unspecified atom stereocenters. The predicted octanol–water partition coefficient (Wildman–Crippen LogP) is 3.96. The number of sulfone groups is 1. The number of unbranched alkanes of at least 4 members (excludes halogenated alkanes) is 1. The van der Waals surface area contributed by atoms with E-state index in [0.29, 0.717) is 10.8 Å². The molecular formula is C17H29NO2S. The van der Waals surface area contributed by atoms with Crippen LogP contribution in [0.25, 0.3) is 0 Å². The third kappa shape index (κ3) is 5.79. The van der Waals surface area contributed by atoms with E-state index in [1.54, 1.807) is 6.07 Å². The molecule has 0 spiro atoms. The SMILES string of the molecule is CCCCC(CC)CC(NC)c1cccc(S(C)(=O)=O)c1. The average molecular weight is 311 g/mol. The van der Waals surface area contributed by atoms with Crippen LogP contribution in [-0.2, 0) is 9.84 Å². The van der Waals surface area contributed by atoms with E-state index < -0.39 is 9.84 Å². The van der Waals surface area contributed by atoms with Gasteiger partial charge >= 0.3 is 0 Å². The summed E-state index contributed by atoms with van der Waals surface area (Å²) in [5.41, 5.74) is 1.07. The minimum Gasteiger partial charge on any atom is -0.313 e. The van der Waals surface area contributed by atoms with E-state index in [-0.39, 0.29) is 6.04 Å². The summed E-state index contributed by atoms with van der Waals surface area (Å²) >= 11 is 0. The van der Waals surface area contributed by atoms with Crippen LogP contribution in [0.1, 0.15) is 57.6 Å². The molecule has 0 bridgehead atoms. The Bertz CT molecular complexity index is 525. The molecule has 1 N–H and O–H groups in total. The van der Waals surface area contributed by atoms with Crippen molar-refractivity contribution in [3.8, 4) is 0 Å². The van der Waals surface area contributed by atoms with Crippen molar-refractivity contribution in [3.63, 3.8) is 0 Å². The van der Waals surface area contributed by atoms with Gasteiger partial charge in [0.25, 0.3) is 0 Å². The molecule has 0 saturated carbocycles.